The van der Waals surface area contributed by atoms with Gasteiger partial charge >= 0.3 is 0 Å². The second-order valence-corrected chi connectivity index (χ2v) is 4.25. The van der Waals surface area contributed by atoms with Crippen molar-refractivity contribution in [3.8, 4) is 5.95 Å². The highest BCUT2D eigenvalue weighted by atomic mass is 35.5. The first-order valence-corrected chi connectivity index (χ1v) is 6.22. The predicted molar refractivity (Wildman–Crippen MR) is 73.5 cm³/mol. The quantitative estimate of drug-likeness (QED) is 0.787. The fourth-order valence-electron chi connectivity index (χ4n) is 1.60. The minimum absolute atomic E-state index is 0.123. The third kappa shape index (κ3) is 2.89. The van der Waals surface area contributed by atoms with Crippen molar-refractivity contribution in [2.45, 2.75) is 6.54 Å². The molecule has 0 radical (unpaired) electrons. The summed E-state index contributed by atoms with van der Waals surface area (Å²) in [5.74, 6) is 0.814. The first kappa shape index (κ1) is 12.5. The van der Waals surface area contributed by atoms with Crippen LogP contribution in [-0.2, 0) is 6.54 Å². The van der Waals surface area contributed by atoms with Crippen LogP contribution in [0, 0.1) is 0 Å². The van der Waals surface area contributed by atoms with Crippen LogP contribution in [0.4, 0.5) is 5.95 Å². The van der Waals surface area contributed by atoms with Gasteiger partial charge in [0, 0.05) is 31.3 Å². The van der Waals surface area contributed by atoms with Gasteiger partial charge in [-0.25, -0.2) is 4.98 Å². The van der Waals surface area contributed by atoms with E-state index < -0.39 is 0 Å². The summed E-state index contributed by atoms with van der Waals surface area (Å²) in [5.41, 5.74) is 1.02. The molecule has 0 bridgehead atoms. The number of hydrogen-bond donors (Lipinski definition) is 1. The molecule has 0 aliphatic heterocycles. The van der Waals surface area contributed by atoms with Crippen LogP contribution >= 0.6 is 11.6 Å². The van der Waals surface area contributed by atoms with Gasteiger partial charge in [-0.1, -0.05) is 6.07 Å². The number of rotatable bonds is 4. The van der Waals surface area contributed by atoms with E-state index in [0.717, 1.165) is 5.56 Å². The number of aromatic nitrogens is 6. The van der Waals surface area contributed by atoms with Gasteiger partial charge in [-0.3, -0.25) is 9.55 Å². The lowest BCUT2D eigenvalue weighted by Gasteiger charge is -2.06. The summed E-state index contributed by atoms with van der Waals surface area (Å²) in [6.07, 6.45) is 8.46. The smallest absolute Gasteiger partial charge is 0.241 e. The molecule has 0 unspecified atom stereocenters. The van der Waals surface area contributed by atoms with E-state index in [4.69, 9.17) is 11.6 Å². The Labute approximate surface area is 119 Å². The van der Waals surface area contributed by atoms with Crippen LogP contribution in [0.25, 0.3) is 5.95 Å². The SMILES string of the molecule is Clc1nc(NCc2cccnc2)nc(-n2ccnc2)n1. The molecule has 0 spiro atoms. The summed E-state index contributed by atoms with van der Waals surface area (Å²) in [6, 6.07) is 3.83. The number of hydrogen-bond acceptors (Lipinski definition) is 6. The van der Waals surface area contributed by atoms with Gasteiger partial charge in [0.05, 0.1) is 0 Å². The van der Waals surface area contributed by atoms with Crippen LogP contribution in [0.5, 0.6) is 0 Å². The molecule has 0 aromatic carbocycles. The summed E-state index contributed by atoms with van der Waals surface area (Å²) in [7, 11) is 0. The Hall–Kier alpha value is -2.54. The third-order valence-electron chi connectivity index (χ3n) is 2.51. The van der Waals surface area contributed by atoms with Crippen molar-refractivity contribution in [1.82, 2.24) is 29.5 Å². The molecule has 3 heterocycles. The van der Waals surface area contributed by atoms with Gasteiger partial charge in [0.15, 0.2) is 0 Å². The number of nitrogens with zero attached hydrogens (tertiary/aromatic N) is 6. The molecular weight excluding hydrogens is 278 g/mol. The van der Waals surface area contributed by atoms with Crippen LogP contribution in [0.1, 0.15) is 5.56 Å². The van der Waals surface area contributed by atoms with E-state index in [-0.39, 0.29) is 5.28 Å². The van der Waals surface area contributed by atoms with Crippen molar-refractivity contribution in [3.05, 3.63) is 54.1 Å². The van der Waals surface area contributed by atoms with Gasteiger partial charge < -0.3 is 5.32 Å². The molecule has 0 saturated carbocycles. The van der Waals surface area contributed by atoms with E-state index in [1.807, 2.05) is 12.1 Å². The molecule has 3 aromatic heterocycles. The zero-order valence-corrected chi connectivity index (χ0v) is 11.1. The van der Waals surface area contributed by atoms with Crippen LogP contribution in [-0.4, -0.2) is 29.5 Å². The molecule has 0 amide bonds. The Morgan fingerprint density at radius 1 is 1.15 bits per heavy atom. The summed E-state index contributed by atoms with van der Waals surface area (Å²) in [6.45, 7) is 0.553. The van der Waals surface area contributed by atoms with Crippen LogP contribution in [0.15, 0.2) is 43.2 Å². The topological polar surface area (TPSA) is 81.4 Å². The average molecular weight is 288 g/mol. The molecule has 7 nitrogen and oxygen atoms in total. The fraction of sp³-hybridized carbons (Fsp3) is 0.0833. The van der Waals surface area contributed by atoms with E-state index in [0.29, 0.717) is 18.4 Å². The van der Waals surface area contributed by atoms with Crippen LogP contribution in [0.3, 0.4) is 0 Å². The van der Waals surface area contributed by atoms with E-state index >= 15 is 0 Å². The highest BCUT2D eigenvalue weighted by Crippen LogP contribution is 2.10. The van der Waals surface area contributed by atoms with E-state index in [2.05, 4.69) is 30.2 Å². The van der Waals surface area contributed by atoms with Crippen molar-refractivity contribution in [1.29, 1.82) is 0 Å². The molecule has 20 heavy (non-hydrogen) atoms. The fourth-order valence-corrected chi connectivity index (χ4v) is 1.75. The Bertz CT molecular complexity index is 684. The Morgan fingerprint density at radius 2 is 2.10 bits per heavy atom. The van der Waals surface area contributed by atoms with Gasteiger partial charge in [-0.2, -0.15) is 15.0 Å². The second kappa shape index (κ2) is 5.62. The lowest BCUT2D eigenvalue weighted by atomic mass is 10.3. The zero-order valence-electron chi connectivity index (χ0n) is 10.3. The molecule has 100 valence electrons. The monoisotopic (exact) mass is 287 g/mol. The van der Waals surface area contributed by atoms with Gasteiger partial charge in [0.1, 0.15) is 6.33 Å². The maximum Gasteiger partial charge on any atom is 0.241 e. The normalized spacial score (nSPS) is 10.4. The molecular formula is C12H10ClN7. The third-order valence-corrected chi connectivity index (χ3v) is 2.67. The molecule has 3 rings (SSSR count). The molecule has 8 heteroatoms. The average Bonchev–Trinajstić information content (AvgIpc) is 3.00. The number of imidazole rings is 1. The van der Waals surface area contributed by atoms with E-state index in [1.165, 1.54) is 0 Å². The number of halogens is 1. The Morgan fingerprint density at radius 3 is 2.85 bits per heavy atom. The maximum absolute atomic E-state index is 5.90. The summed E-state index contributed by atoms with van der Waals surface area (Å²) < 4.78 is 1.66. The summed E-state index contributed by atoms with van der Waals surface area (Å²) >= 11 is 5.90. The highest BCUT2D eigenvalue weighted by molar-refractivity contribution is 6.28. The number of anilines is 1. The largest absolute Gasteiger partial charge is 0.350 e. The molecule has 3 aromatic rings. The lowest BCUT2D eigenvalue weighted by molar-refractivity contribution is 0.888. The lowest BCUT2D eigenvalue weighted by Crippen LogP contribution is -2.08. The first-order valence-electron chi connectivity index (χ1n) is 5.84. The Balaban J connectivity index is 1.80. The van der Waals surface area contributed by atoms with Gasteiger partial charge in [0.2, 0.25) is 17.2 Å². The van der Waals surface area contributed by atoms with Crippen LogP contribution < -0.4 is 5.32 Å². The van der Waals surface area contributed by atoms with Gasteiger partial charge in [-0.15, -0.1) is 0 Å². The van der Waals surface area contributed by atoms with Crippen molar-refractivity contribution in [2.24, 2.45) is 0 Å². The predicted octanol–water partition coefficient (Wildman–Crippen LogP) is 1.72. The summed E-state index contributed by atoms with van der Waals surface area (Å²) in [4.78, 5) is 20.3. The first-order chi connectivity index (χ1) is 9.81. The van der Waals surface area contributed by atoms with Gasteiger partial charge in [-0.05, 0) is 23.2 Å². The molecule has 0 saturated heterocycles. The van der Waals surface area contributed by atoms with Crippen molar-refractivity contribution >= 4 is 17.5 Å². The maximum atomic E-state index is 5.90. The standard InChI is InChI=1S/C12H10ClN7/c13-10-17-11(16-7-9-2-1-3-14-6-9)19-12(18-10)20-5-4-15-8-20/h1-6,8H,7H2,(H,16,17,18,19). The van der Waals surface area contributed by atoms with E-state index in [9.17, 15) is 0 Å². The molecule has 1 N–H and O–H groups in total. The highest BCUT2D eigenvalue weighted by Gasteiger charge is 2.06. The van der Waals surface area contributed by atoms with Crippen molar-refractivity contribution < 1.29 is 0 Å². The molecule has 0 atom stereocenters. The summed E-state index contributed by atoms with van der Waals surface area (Å²) in [5, 5.41) is 3.21. The molecule has 0 aliphatic rings. The van der Waals surface area contributed by atoms with Crippen LogP contribution in [0.2, 0.25) is 5.28 Å². The molecule has 0 aliphatic carbocycles. The number of nitrogens with one attached hydrogen (secondary N) is 1. The van der Waals surface area contributed by atoms with Gasteiger partial charge in [0.25, 0.3) is 0 Å². The zero-order chi connectivity index (χ0) is 13.8. The Kier molecular flexibility index (Phi) is 3.51. The second-order valence-electron chi connectivity index (χ2n) is 3.91. The molecule has 0 fully saturated rings. The van der Waals surface area contributed by atoms with Crippen molar-refractivity contribution in [3.63, 3.8) is 0 Å². The number of pyridine rings is 1. The van der Waals surface area contributed by atoms with E-state index in [1.54, 1.807) is 35.7 Å². The minimum atomic E-state index is 0.123. The minimum Gasteiger partial charge on any atom is -0.350 e. The van der Waals surface area contributed by atoms with Crippen molar-refractivity contribution in [2.75, 3.05) is 5.32 Å².